The van der Waals surface area contributed by atoms with E-state index >= 15 is 0 Å². The van der Waals surface area contributed by atoms with Gasteiger partial charge in [-0.3, -0.25) is 4.79 Å². The summed E-state index contributed by atoms with van der Waals surface area (Å²) in [5.74, 6) is 0.936. The summed E-state index contributed by atoms with van der Waals surface area (Å²) in [7, 11) is 1.63. The monoisotopic (exact) mass is 235 g/mol. The first-order chi connectivity index (χ1) is 8.15. The van der Waals surface area contributed by atoms with E-state index in [0.29, 0.717) is 6.54 Å². The molecule has 0 N–H and O–H groups in total. The number of nitrogens with zero attached hydrogens (tertiary/aromatic N) is 1. The van der Waals surface area contributed by atoms with E-state index in [1.54, 1.807) is 12.0 Å². The van der Waals surface area contributed by atoms with Crippen molar-refractivity contribution in [2.75, 3.05) is 18.6 Å². The molecule has 0 bridgehead atoms. The molecule has 1 aromatic carbocycles. The van der Waals surface area contributed by atoms with Crippen molar-refractivity contribution in [3.8, 4) is 5.75 Å². The standard InChI is InChI=1S/C14H21NO2/c1-5-11(3)14(16)15(6-2)12-9-7-8-10-13(12)17-4/h7-11H,5-6H2,1-4H3. The molecule has 0 fully saturated rings. The van der Waals surface area contributed by atoms with E-state index in [2.05, 4.69) is 0 Å². The second kappa shape index (κ2) is 6.28. The number of hydrogen-bond donors (Lipinski definition) is 0. The Balaban J connectivity index is 3.05. The molecule has 0 heterocycles. The van der Waals surface area contributed by atoms with Crippen molar-refractivity contribution >= 4 is 11.6 Å². The van der Waals surface area contributed by atoms with Crippen LogP contribution in [0.5, 0.6) is 5.75 Å². The summed E-state index contributed by atoms with van der Waals surface area (Å²) in [5.41, 5.74) is 0.850. The first-order valence-electron chi connectivity index (χ1n) is 6.10. The third-order valence-corrected chi connectivity index (χ3v) is 2.99. The van der Waals surface area contributed by atoms with Crippen LogP contribution in [0.1, 0.15) is 27.2 Å². The molecule has 0 saturated carbocycles. The Hall–Kier alpha value is -1.51. The molecule has 3 nitrogen and oxygen atoms in total. The van der Waals surface area contributed by atoms with Gasteiger partial charge in [0.05, 0.1) is 12.8 Å². The number of rotatable bonds is 5. The van der Waals surface area contributed by atoms with E-state index in [0.717, 1.165) is 17.9 Å². The summed E-state index contributed by atoms with van der Waals surface area (Å²) in [6, 6.07) is 7.62. The Bertz CT molecular complexity index is 376. The molecule has 94 valence electrons. The van der Waals surface area contributed by atoms with Crippen LogP contribution in [-0.2, 0) is 4.79 Å². The van der Waals surface area contributed by atoms with Crippen molar-refractivity contribution in [1.82, 2.24) is 0 Å². The molecule has 0 spiro atoms. The number of carbonyl (C=O) groups is 1. The molecule has 17 heavy (non-hydrogen) atoms. The smallest absolute Gasteiger partial charge is 0.229 e. The van der Waals surface area contributed by atoms with Crippen LogP contribution in [0.25, 0.3) is 0 Å². The number of benzene rings is 1. The maximum absolute atomic E-state index is 12.2. The van der Waals surface area contributed by atoms with Crippen molar-refractivity contribution in [3.63, 3.8) is 0 Å². The fraction of sp³-hybridized carbons (Fsp3) is 0.500. The van der Waals surface area contributed by atoms with Crippen LogP contribution in [0, 0.1) is 5.92 Å². The lowest BCUT2D eigenvalue weighted by Gasteiger charge is -2.25. The van der Waals surface area contributed by atoms with Crippen LogP contribution >= 0.6 is 0 Å². The van der Waals surface area contributed by atoms with Gasteiger partial charge in [0.1, 0.15) is 5.75 Å². The van der Waals surface area contributed by atoms with E-state index in [4.69, 9.17) is 4.74 Å². The van der Waals surface area contributed by atoms with Crippen molar-refractivity contribution in [2.24, 2.45) is 5.92 Å². The Morgan fingerprint density at radius 1 is 1.35 bits per heavy atom. The average molecular weight is 235 g/mol. The zero-order valence-electron chi connectivity index (χ0n) is 11.1. The van der Waals surface area contributed by atoms with Crippen LogP contribution < -0.4 is 9.64 Å². The van der Waals surface area contributed by atoms with Crippen molar-refractivity contribution < 1.29 is 9.53 Å². The van der Waals surface area contributed by atoms with Gasteiger partial charge in [-0.2, -0.15) is 0 Å². The first kappa shape index (κ1) is 13.6. The quantitative estimate of drug-likeness (QED) is 0.785. The zero-order chi connectivity index (χ0) is 12.8. The molecule has 1 aromatic rings. The number of amides is 1. The van der Waals surface area contributed by atoms with E-state index in [9.17, 15) is 4.79 Å². The molecule has 1 rings (SSSR count). The van der Waals surface area contributed by atoms with Gasteiger partial charge in [-0.1, -0.05) is 26.0 Å². The van der Waals surface area contributed by atoms with Crippen LogP contribution in [0.2, 0.25) is 0 Å². The zero-order valence-corrected chi connectivity index (χ0v) is 11.1. The average Bonchev–Trinajstić information content (AvgIpc) is 2.39. The van der Waals surface area contributed by atoms with Crippen molar-refractivity contribution in [2.45, 2.75) is 27.2 Å². The molecule has 0 aliphatic rings. The number of para-hydroxylation sites is 2. The summed E-state index contributed by atoms with van der Waals surface area (Å²) in [5, 5.41) is 0. The highest BCUT2D eigenvalue weighted by molar-refractivity contribution is 5.96. The van der Waals surface area contributed by atoms with Gasteiger partial charge in [-0.05, 0) is 25.5 Å². The largest absolute Gasteiger partial charge is 0.495 e. The van der Waals surface area contributed by atoms with Gasteiger partial charge in [-0.25, -0.2) is 0 Å². The Kier molecular flexibility index (Phi) is 5.01. The SMILES string of the molecule is CCC(C)C(=O)N(CC)c1ccccc1OC. The minimum absolute atomic E-state index is 0.0415. The molecule has 1 atom stereocenters. The minimum atomic E-state index is 0.0415. The van der Waals surface area contributed by atoms with Crippen LogP contribution in [0.3, 0.4) is 0 Å². The van der Waals surface area contributed by atoms with Crippen LogP contribution in [0.15, 0.2) is 24.3 Å². The fourth-order valence-corrected chi connectivity index (χ4v) is 1.74. The molecule has 0 radical (unpaired) electrons. The van der Waals surface area contributed by atoms with Crippen molar-refractivity contribution in [3.05, 3.63) is 24.3 Å². The summed E-state index contributed by atoms with van der Waals surface area (Å²) >= 11 is 0. The van der Waals surface area contributed by atoms with E-state index in [1.807, 2.05) is 45.0 Å². The summed E-state index contributed by atoms with van der Waals surface area (Å²) < 4.78 is 5.30. The lowest BCUT2D eigenvalue weighted by atomic mass is 10.1. The molecule has 0 aromatic heterocycles. The summed E-state index contributed by atoms with van der Waals surface area (Å²) in [6.45, 7) is 6.62. The Morgan fingerprint density at radius 2 is 2.00 bits per heavy atom. The topological polar surface area (TPSA) is 29.5 Å². The molecule has 0 saturated heterocycles. The number of methoxy groups -OCH3 is 1. The second-order valence-corrected chi connectivity index (χ2v) is 4.06. The number of ether oxygens (including phenoxy) is 1. The number of carbonyl (C=O) groups excluding carboxylic acids is 1. The molecular weight excluding hydrogens is 214 g/mol. The fourth-order valence-electron chi connectivity index (χ4n) is 1.74. The van der Waals surface area contributed by atoms with Gasteiger partial charge >= 0.3 is 0 Å². The lowest BCUT2D eigenvalue weighted by Crippen LogP contribution is -2.35. The Morgan fingerprint density at radius 3 is 2.53 bits per heavy atom. The molecule has 0 aliphatic heterocycles. The molecule has 3 heteroatoms. The minimum Gasteiger partial charge on any atom is -0.495 e. The number of hydrogen-bond acceptors (Lipinski definition) is 2. The molecule has 1 unspecified atom stereocenters. The lowest BCUT2D eigenvalue weighted by molar-refractivity contribution is -0.121. The highest BCUT2D eigenvalue weighted by atomic mass is 16.5. The molecule has 1 amide bonds. The molecule has 0 aliphatic carbocycles. The van der Waals surface area contributed by atoms with E-state index in [-0.39, 0.29) is 11.8 Å². The highest BCUT2D eigenvalue weighted by Gasteiger charge is 2.21. The third-order valence-electron chi connectivity index (χ3n) is 2.99. The normalized spacial score (nSPS) is 12.0. The maximum atomic E-state index is 12.2. The van der Waals surface area contributed by atoms with Crippen molar-refractivity contribution in [1.29, 1.82) is 0 Å². The molecular formula is C14H21NO2. The predicted molar refractivity (Wildman–Crippen MR) is 70.5 cm³/mol. The van der Waals surface area contributed by atoms with Gasteiger partial charge in [0.15, 0.2) is 0 Å². The predicted octanol–water partition coefficient (Wildman–Crippen LogP) is 3.09. The summed E-state index contributed by atoms with van der Waals surface area (Å²) in [6.07, 6.45) is 0.852. The number of anilines is 1. The van der Waals surface area contributed by atoms with Gasteiger partial charge in [0.2, 0.25) is 5.91 Å². The van der Waals surface area contributed by atoms with Gasteiger partial charge in [-0.15, -0.1) is 0 Å². The van der Waals surface area contributed by atoms with E-state index in [1.165, 1.54) is 0 Å². The van der Waals surface area contributed by atoms with Crippen LogP contribution in [0.4, 0.5) is 5.69 Å². The van der Waals surface area contributed by atoms with Gasteiger partial charge < -0.3 is 9.64 Å². The van der Waals surface area contributed by atoms with E-state index < -0.39 is 0 Å². The van der Waals surface area contributed by atoms with Gasteiger partial charge in [0.25, 0.3) is 0 Å². The summed E-state index contributed by atoms with van der Waals surface area (Å²) in [4.78, 5) is 14.0. The van der Waals surface area contributed by atoms with Gasteiger partial charge in [0, 0.05) is 12.5 Å². The third kappa shape index (κ3) is 2.99. The van der Waals surface area contributed by atoms with Crippen LogP contribution in [-0.4, -0.2) is 19.6 Å². The highest BCUT2D eigenvalue weighted by Crippen LogP contribution is 2.28. The second-order valence-electron chi connectivity index (χ2n) is 4.06. The maximum Gasteiger partial charge on any atom is 0.229 e. The first-order valence-corrected chi connectivity index (χ1v) is 6.10. The Labute approximate surface area is 103 Å².